The number of amides is 1. The van der Waals surface area contributed by atoms with Crippen molar-refractivity contribution < 1.29 is 4.79 Å². The number of pyridine rings is 1. The second-order valence-electron chi connectivity index (χ2n) is 4.93. The third-order valence-electron chi connectivity index (χ3n) is 3.42. The molecule has 0 bridgehead atoms. The fourth-order valence-electron chi connectivity index (χ4n) is 2.44. The maximum absolute atomic E-state index is 11.7. The maximum Gasteiger partial charge on any atom is 0.234 e. The Hall–Kier alpha value is -1.13. The van der Waals surface area contributed by atoms with Crippen LogP contribution >= 0.6 is 12.4 Å². The van der Waals surface area contributed by atoms with Gasteiger partial charge in [-0.1, -0.05) is 25.3 Å². The molecule has 0 unspecified atom stereocenters. The molecule has 1 amide bonds. The van der Waals surface area contributed by atoms with Gasteiger partial charge < -0.3 is 0 Å². The van der Waals surface area contributed by atoms with Crippen molar-refractivity contribution in [3.05, 3.63) is 30.1 Å². The first kappa shape index (κ1) is 15.9. The number of hydrazine groups is 1. The predicted molar refractivity (Wildman–Crippen MR) is 77.7 cm³/mol. The summed E-state index contributed by atoms with van der Waals surface area (Å²) >= 11 is 0. The first-order valence-electron chi connectivity index (χ1n) is 6.76. The van der Waals surface area contributed by atoms with Crippen molar-refractivity contribution >= 4 is 18.3 Å². The van der Waals surface area contributed by atoms with Gasteiger partial charge in [-0.2, -0.15) is 0 Å². The van der Waals surface area contributed by atoms with Gasteiger partial charge >= 0.3 is 0 Å². The molecular weight excluding hydrogens is 262 g/mol. The van der Waals surface area contributed by atoms with E-state index in [0.717, 1.165) is 5.69 Å². The quantitative estimate of drug-likeness (QED) is 0.817. The third kappa shape index (κ3) is 6.03. The van der Waals surface area contributed by atoms with E-state index in [2.05, 4.69) is 15.8 Å². The van der Waals surface area contributed by atoms with Crippen LogP contribution in [-0.2, 0) is 11.3 Å². The van der Waals surface area contributed by atoms with Crippen molar-refractivity contribution in [2.24, 2.45) is 5.92 Å². The summed E-state index contributed by atoms with van der Waals surface area (Å²) in [6, 6.07) is 5.75. The number of halogens is 1. The molecule has 2 N–H and O–H groups in total. The van der Waals surface area contributed by atoms with E-state index < -0.39 is 0 Å². The summed E-state index contributed by atoms with van der Waals surface area (Å²) in [7, 11) is 0. The minimum Gasteiger partial charge on any atom is -0.291 e. The molecule has 19 heavy (non-hydrogen) atoms. The van der Waals surface area contributed by atoms with Gasteiger partial charge in [-0.3, -0.25) is 15.2 Å². The topological polar surface area (TPSA) is 54.0 Å². The lowest BCUT2D eigenvalue weighted by atomic mass is 9.87. The highest BCUT2D eigenvalue weighted by Crippen LogP contribution is 2.25. The van der Waals surface area contributed by atoms with Gasteiger partial charge in [0.2, 0.25) is 5.91 Å². The molecule has 0 saturated heterocycles. The van der Waals surface area contributed by atoms with Gasteiger partial charge in [0.05, 0.1) is 12.2 Å². The van der Waals surface area contributed by atoms with Crippen molar-refractivity contribution in [2.45, 2.75) is 45.1 Å². The number of carbonyl (C=O) groups excluding carboxylic acids is 1. The zero-order valence-corrected chi connectivity index (χ0v) is 11.9. The van der Waals surface area contributed by atoms with Crippen LogP contribution in [0.15, 0.2) is 24.4 Å². The molecule has 1 aliphatic carbocycles. The van der Waals surface area contributed by atoms with E-state index in [1.165, 1.54) is 32.1 Å². The minimum atomic E-state index is 0. The minimum absolute atomic E-state index is 0. The maximum atomic E-state index is 11.7. The molecule has 2 rings (SSSR count). The van der Waals surface area contributed by atoms with E-state index in [9.17, 15) is 4.79 Å². The smallest absolute Gasteiger partial charge is 0.234 e. The van der Waals surface area contributed by atoms with E-state index >= 15 is 0 Å². The van der Waals surface area contributed by atoms with E-state index in [1.807, 2.05) is 18.2 Å². The van der Waals surface area contributed by atoms with Crippen LogP contribution < -0.4 is 10.9 Å². The molecule has 1 fully saturated rings. The fraction of sp³-hybridized carbons (Fsp3) is 0.571. The summed E-state index contributed by atoms with van der Waals surface area (Å²) in [5, 5.41) is 0. The monoisotopic (exact) mass is 283 g/mol. The first-order chi connectivity index (χ1) is 8.84. The number of aromatic nitrogens is 1. The van der Waals surface area contributed by atoms with Crippen molar-refractivity contribution in [3.63, 3.8) is 0 Å². The molecule has 0 aliphatic heterocycles. The van der Waals surface area contributed by atoms with Crippen LogP contribution in [0, 0.1) is 5.92 Å². The summed E-state index contributed by atoms with van der Waals surface area (Å²) in [6.45, 7) is 0.567. The van der Waals surface area contributed by atoms with Crippen molar-refractivity contribution in [3.8, 4) is 0 Å². The largest absolute Gasteiger partial charge is 0.291 e. The lowest BCUT2D eigenvalue weighted by molar-refractivity contribution is -0.123. The van der Waals surface area contributed by atoms with E-state index in [-0.39, 0.29) is 18.3 Å². The second-order valence-corrected chi connectivity index (χ2v) is 4.93. The van der Waals surface area contributed by atoms with Crippen molar-refractivity contribution in [1.29, 1.82) is 0 Å². The van der Waals surface area contributed by atoms with Gasteiger partial charge in [0.25, 0.3) is 0 Å². The lowest BCUT2D eigenvalue weighted by Gasteiger charge is -2.20. The Morgan fingerprint density at radius 1 is 1.26 bits per heavy atom. The van der Waals surface area contributed by atoms with E-state index in [1.54, 1.807) is 6.20 Å². The standard InChI is InChI=1S/C14H21N3O.ClH/c18-14(10-12-6-2-1-3-7-12)17-16-11-13-8-4-5-9-15-13;/h4-5,8-9,12,16H,1-3,6-7,10-11H2,(H,17,18);1H. The van der Waals surface area contributed by atoms with Gasteiger partial charge in [-0.05, 0) is 30.9 Å². The fourth-order valence-corrected chi connectivity index (χ4v) is 2.44. The van der Waals surface area contributed by atoms with Crippen LogP contribution in [0.3, 0.4) is 0 Å². The molecule has 0 aromatic carbocycles. The van der Waals surface area contributed by atoms with Crippen molar-refractivity contribution in [1.82, 2.24) is 15.8 Å². The Bertz CT molecular complexity index is 366. The zero-order chi connectivity index (χ0) is 12.6. The van der Waals surface area contributed by atoms with Gasteiger partial charge in [0.15, 0.2) is 0 Å². The summed E-state index contributed by atoms with van der Waals surface area (Å²) in [5.41, 5.74) is 6.60. The van der Waals surface area contributed by atoms with Crippen LogP contribution in [0.5, 0.6) is 0 Å². The molecule has 0 atom stereocenters. The Morgan fingerprint density at radius 2 is 2.05 bits per heavy atom. The molecule has 1 aromatic rings. The molecule has 1 aromatic heterocycles. The number of carbonyl (C=O) groups is 1. The van der Waals surface area contributed by atoms with Crippen molar-refractivity contribution in [2.75, 3.05) is 0 Å². The van der Waals surface area contributed by atoms with Crippen LogP contribution in [-0.4, -0.2) is 10.9 Å². The molecule has 1 aliphatic rings. The number of nitrogens with zero attached hydrogens (tertiary/aromatic N) is 1. The van der Waals surface area contributed by atoms with Gasteiger partial charge in [-0.15, -0.1) is 12.4 Å². The van der Waals surface area contributed by atoms with E-state index in [4.69, 9.17) is 0 Å². The highest BCUT2D eigenvalue weighted by molar-refractivity contribution is 5.85. The number of hydrogen-bond acceptors (Lipinski definition) is 3. The Labute approximate surface area is 120 Å². The van der Waals surface area contributed by atoms with Gasteiger partial charge in [0, 0.05) is 12.6 Å². The molecule has 5 heteroatoms. The van der Waals surface area contributed by atoms with Crippen LogP contribution in [0.25, 0.3) is 0 Å². The molecule has 106 valence electrons. The van der Waals surface area contributed by atoms with Gasteiger partial charge in [0.1, 0.15) is 0 Å². The number of rotatable bonds is 5. The summed E-state index contributed by atoms with van der Waals surface area (Å²) in [4.78, 5) is 15.9. The number of nitrogens with one attached hydrogen (secondary N) is 2. The molecular formula is C14H22ClN3O. The van der Waals surface area contributed by atoms with Crippen LogP contribution in [0.2, 0.25) is 0 Å². The Kier molecular flexibility index (Phi) is 7.45. The second kappa shape index (κ2) is 8.88. The number of hydrogen-bond donors (Lipinski definition) is 2. The molecule has 1 heterocycles. The highest BCUT2D eigenvalue weighted by Gasteiger charge is 2.16. The normalized spacial score (nSPS) is 15.6. The third-order valence-corrected chi connectivity index (χ3v) is 3.42. The first-order valence-corrected chi connectivity index (χ1v) is 6.76. The lowest BCUT2D eigenvalue weighted by Crippen LogP contribution is -2.38. The van der Waals surface area contributed by atoms with E-state index in [0.29, 0.717) is 18.9 Å². The molecule has 1 saturated carbocycles. The average molecular weight is 284 g/mol. The Balaban J connectivity index is 0.00000180. The highest BCUT2D eigenvalue weighted by atomic mass is 35.5. The molecule has 0 spiro atoms. The summed E-state index contributed by atoms with van der Waals surface area (Å²) in [5.74, 6) is 0.674. The molecule has 0 radical (unpaired) electrons. The SMILES string of the molecule is Cl.O=C(CC1CCCCC1)NNCc1ccccn1. The summed E-state index contributed by atoms with van der Waals surface area (Å²) in [6.07, 6.45) is 8.69. The predicted octanol–water partition coefficient (Wildman–Crippen LogP) is 2.59. The zero-order valence-electron chi connectivity index (χ0n) is 11.1. The van der Waals surface area contributed by atoms with Crippen LogP contribution in [0.4, 0.5) is 0 Å². The summed E-state index contributed by atoms with van der Waals surface area (Å²) < 4.78 is 0. The van der Waals surface area contributed by atoms with Gasteiger partial charge in [-0.25, -0.2) is 5.43 Å². The average Bonchev–Trinajstić information content (AvgIpc) is 2.41. The van der Waals surface area contributed by atoms with Crippen LogP contribution in [0.1, 0.15) is 44.2 Å². The Morgan fingerprint density at radius 3 is 2.74 bits per heavy atom. The molecule has 4 nitrogen and oxygen atoms in total.